The molecule has 3 nitrogen and oxygen atoms in total. The zero-order valence-corrected chi connectivity index (χ0v) is 10.5. The van der Waals surface area contributed by atoms with Gasteiger partial charge in [0.05, 0.1) is 0 Å². The van der Waals surface area contributed by atoms with Crippen LogP contribution in [0.1, 0.15) is 52.4 Å². The molecule has 0 bridgehead atoms. The van der Waals surface area contributed by atoms with E-state index in [1.165, 1.54) is 0 Å². The third-order valence-corrected chi connectivity index (χ3v) is 2.99. The van der Waals surface area contributed by atoms with E-state index in [1.54, 1.807) is 0 Å². The molecule has 0 aromatic carbocycles. The molecule has 0 heterocycles. The molecule has 0 rings (SSSR count). The summed E-state index contributed by atoms with van der Waals surface area (Å²) in [7, 11) is 1.90. The highest BCUT2D eigenvalue weighted by Gasteiger charge is 2.12. The van der Waals surface area contributed by atoms with Crippen LogP contribution in [-0.4, -0.2) is 30.4 Å². The summed E-state index contributed by atoms with van der Waals surface area (Å²) in [5.41, 5.74) is 5.40. The summed E-state index contributed by atoms with van der Waals surface area (Å²) in [4.78, 5) is 13.5. The maximum Gasteiger partial charge on any atom is 0.222 e. The maximum absolute atomic E-state index is 11.7. The number of unbranched alkanes of at least 4 members (excludes halogenated alkanes) is 3. The van der Waals surface area contributed by atoms with E-state index >= 15 is 0 Å². The van der Waals surface area contributed by atoms with Gasteiger partial charge in [0.15, 0.2) is 0 Å². The van der Waals surface area contributed by atoms with Crippen LogP contribution < -0.4 is 5.73 Å². The van der Waals surface area contributed by atoms with E-state index in [1.807, 2.05) is 11.9 Å². The Bertz CT molecular complexity index is 171. The number of nitrogens with zero attached hydrogens (tertiary/aromatic N) is 1. The van der Waals surface area contributed by atoms with Gasteiger partial charge in [-0.2, -0.15) is 0 Å². The third kappa shape index (κ3) is 6.50. The molecule has 2 N–H and O–H groups in total. The minimum absolute atomic E-state index is 0.275. The molecular weight excluding hydrogens is 188 g/mol. The molecule has 1 atom stereocenters. The molecule has 3 heteroatoms. The Kier molecular flexibility index (Phi) is 8.38. The Morgan fingerprint density at radius 1 is 1.27 bits per heavy atom. The van der Waals surface area contributed by atoms with Crippen molar-refractivity contribution in [2.75, 3.05) is 13.6 Å². The second-order valence-electron chi connectivity index (χ2n) is 4.21. The molecule has 0 radical (unpaired) electrons. The molecule has 0 aliphatic carbocycles. The van der Waals surface area contributed by atoms with Crippen molar-refractivity contribution in [2.24, 2.45) is 5.73 Å². The second kappa shape index (κ2) is 8.72. The summed E-state index contributed by atoms with van der Waals surface area (Å²) in [6.07, 6.45) is 6.06. The summed E-state index contributed by atoms with van der Waals surface area (Å²) < 4.78 is 0. The standard InChI is InChI=1S/C12H26N2O/c1-4-11(2)14(3)12(15)9-7-5-6-8-10-13/h11H,4-10,13H2,1-3H3. The van der Waals surface area contributed by atoms with Crippen LogP contribution in [0, 0.1) is 0 Å². The molecule has 90 valence electrons. The van der Waals surface area contributed by atoms with Gasteiger partial charge in [-0.15, -0.1) is 0 Å². The van der Waals surface area contributed by atoms with Crippen molar-refractivity contribution in [1.29, 1.82) is 0 Å². The lowest BCUT2D eigenvalue weighted by Crippen LogP contribution is -2.34. The number of carbonyl (C=O) groups is 1. The van der Waals surface area contributed by atoms with Gasteiger partial charge in [0.2, 0.25) is 5.91 Å². The van der Waals surface area contributed by atoms with E-state index < -0.39 is 0 Å². The molecule has 0 aliphatic heterocycles. The van der Waals surface area contributed by atoms with Gasteiger partial charge in [-0.25, -0.2) is 0 Å². The first-order valence-electron chi connectivity index (χ1n) is 6.09. The Hall–Kier alpha value is -0.570. The highest BCUT2D eigenvalue weighted by molar-refractivity contribution is 5.76. The quantitative estimate of drug-likeness (QED) is 0.629. The molecule has 0 aliphatic rings. The lowest BCUT2D eigenvalue weighted by molar-refractivity contribution is -0.131. The Labute approximate surface area is 94.0 Å². The largest absolute Gasteiger partial charge is 0.343 e. The average molecular weight is 214 g/mol. The minimum Gasteiger partial charge on any atom is -0.343 e. The molecule has 0 saturated heterocycles. The Morgan fingerprint density at radius 3 is 2.40 bits per heavy atom. The number of carbonyl (C=O) groups excluding carboxylic acids is 1. The fourth-order valence-corrected chi connectivity index (χ4v) is 1.47. The number of amides is 1. The highest BCUT2D eigenvalue weighted by Crippen LogP contribution is 2.07. The van der Waals surface area contributed by atoms with Gasteiger partial charge in [-0.05, 0) is 32.7 Å². The van der Waals surface area contributed by atoms with E-state index in [4.69, 9.17) is 5.73 Å². The van der Waals surface area contributed by atoms with Crippen molar-refractivity contribution in [1.82, 2.24) is 4.90 Å². The van der Waals surface area contributed by atoms with Crippen LogP contribution in [0.3, 0.4) is 0 Å². The number of hydrogen-bond donors (Lipinski definition) is 1. The van der Waals surface area contributed by atoms with E-state index in [0.29, 0.717) is 12.5 Å². The van der Waals surface area contributed by atoms with E-state index in [9.17, 15) is 4.79 Å². The molecule has 15 heavy (non-hydrogen) atoms. The summed E-state index contributed by atoms with van der Waals surface area (Å²) in [5, 5.41) is 0. The first kappa shape index (κ1) is 14.4. The van der Waals surface area contributed by atoms with Gasteiger partial charge in [0.25, 0.3) is 0 Å². The van der Waals surface area contributed by atoms with Crippen molar-refractivity contribution in [3.8, 4) is 0 Å². The molecule has 0 saturated carbocycles. The highest BCUT2D eigenvalue weighted by atomic mass is 16.2. The smallest absolute Gasteiger partial charge is 0.222 e. The topological polar surface area (TPSA) is 46.3 Å². The predicted octanol–water partition coefficient (Wildman–Crippen LogP) is 2.15. The van der Waals surface area contributed by atoms with E-state index in [-0.39, 0.29) is 5.91 Å². The third-order valence-electron chi connectivity index (χ3n) is 2.99. The van der Waals surface area contributed by atoms with Gasteiger partial charge >= 0.3 is 0 Å². The monoisotopic (exact) mass is 214 g/mol. The first-order chi connectivity index (χ1) is 7.13. The zero-order valence-electron chi connectivity index (χ0n) is 10.5. The molecule has 1 unspecified atom stereocenters. The van der Waals surface area contributed by atoms with Crippen LogP contribution in [0.2, 0.25) is 0 Å². The lowest BCUT2D eigenvalue weighted by Gasteiger charge is -2.23. The summed E-state index contributed by atoms with van der Waals surface area (Å²) in [6, 6.07) is 0.363. The van der Waals surface area contributed by atoms with Gasteiger partial charge in [0.1, 0.15) is 0 Å². The van der Waals surface area contributed by atoms with Crippen molar-refractivity contribution in [2.45, 2.75) is 58.4 Å². The fraction of sp³-hybridized carbons (Fsp3) is 0.917. The molecule has 0 spiro atoms. The average Bonchev–Trinajstić information content (AvgIpc) is 2.26. The van der Waals surface area contributed by atoms with Crippen molar-refractivity contribution >= 4 is 5.91 Å². The van der Waals surface area contributed by atoms with Crippen molar-refractivity contribution in [3.05, 3.63) is 0 Å². The lowest BCUT2D eigenvalue weighted by atomic mass is 10.1. The van der Waals surface area contributed by atoms with Crippen LogP contribution in [0.25, 0.3) is 0 Å². The number of rotatable bonds is 8. The normalized spacial score (nSPS) is 12.5. The second-order valence-corrected chi connectivity index (χ2v) is 4.21. The summed E-state index contributed by atoms with van der Waals surface area (Å²) in [5.74, 6) is 0.275. The zero-order chi connectivity index (χ0) is 11.7. The van der Waals surface area contributed by atoms with Gasteiger partial charge in [-0.3, -0.25) is 4.79 Å². The van der Waals surface area contributed by atoms with Crippen molar-refractivity contribution in [3.63, 3.8) is 0 Å². The van der Waals surface area contributed by atoms with Crippen LogP contribution in [0.4, 0.5) is 0 Å². The molecule has 0 aromatic rings. The Morgan fingerprint density at radius 2 is 1.87 bits per heavy atom. The van der Waals surface area contributed by atoms with Gasteiger partial charge in [-0.1, -0.05) is 19.8 Å². The number of hydrogen-bond acceptors (Lipinski definition) is 2. The first-order valence-corrected chi connectivity index (χ1v) is 6.09. The van der Waals surface area contributed by atoms with Gasteiger partial charge in [0, 0.05) is 19.5 Å². The van der Waals surface area contributed by atoms with Crippen LogP contribution >= 0.6 is 0 Å². The minimum atomic E-state index is 0.275. The van der Waals surface area contributed by atoms with Crippen LogP contribution in [0.5, 0.6) is 0 Å². The molecule has 0 fully saturated rings. The molecule has 0 aromatic heterocycles. The van der Waals surface area contributed by atoms with E-state index in [0.717, 1.165) is 38.6 Å². The summed E-state index contributed by atoms with van der Waals surface area (Å²) >= 11 is 0. The molecular formula is C12H26N2O. The predicted molar refractivity (Wildman–Crippen MR) is 64.7 cm³/mol. The molecule has 1 amide bonds. The summed E-state index contributed by atoms with van der Waals surface area (Å²) in [6.45, 7) is 4.96. The van der Waals surface area contributed by atoms with Crippen molar-refractivity contribution < 1.29 is 4.79 Å². The van der Waals surface area contributed by atoms with Crippen LogP contribution in [0.15, 0.2) is 0 Å². The number of nitrogens with two attached hydrogens (primary N) is 1. The SMILES string of the molecule is CCC(C)N(C)C(=O)CCCCCCN. The van der Waals surface area contributed by atoms with Gasteiger partial charge < -0.3 is 10.6 Å². The fourth-order valence-electron chi connectivity index (χ4n) is 1.47. The van der Waals surface area contributed by atoms with E-state index in [2.05, 4.69) is 13.8 Å². The Balaban J connectivity index is 3.56. The van der Waals surface area contributed by atoms with Crippen LogP contribution in [-0.2, 0) is 4.79 Å². The maximum atomic E-state index is 11.7.